The lowest BCUT2D eigenvalue weighted by Gasteiger charge is -2.04. The number of H-pyrrole nitrogens is 1. The molecule has 0 spiro atoms. The van der Waals surface area contributed by atoms with E-state index in [1.54, 1.807) is 13.0 Å². The summed E-state index contributed by atoms with van der Waals surface area (Å²) in [5.74, 6) is -3.00. The first-order valence-corrected chi connectivity index (χ1v) is 9.17. The molecule has 0 aliphatic rings. The number of amides is 1. The second-order valence-electron chi connectivity index (χ2n) is 5.89. The second kappa shape index (κ2) is 8.63. The third-order valence-electron chi connectivity index (χ3n) is 3.92. The number of esters is 1. The van der Waals surface area contributed by atoms with Crippen LogP contribution in [0.2, 0.25) is 10.0 Å². The Morgan fingerprint density at radius 3 is 2.66 bits per heavy atom. The Morgan fingerprint density at radius 2 is 1.97 bits per heavy atom. The molecule has 0 saturated heterocycles. The molecule has 0 aliphatic heterocycles. The lowest BCUT2D eigenvalue weighted by molar-refractivity contribution is -0.111. The van der Waals surface area contributed by atoms with Gasteiger partial charge in [0, 0.05) is 33.6 Å². The molecule has 0 radical (unpaired) electrons. The molecule has 1 aromatic heterocycles. The monoisotopic (exact) mass is 438 g/mol. The Morgan fingerprint density at radius 1 is 1.21 bits per heavy atom. The third-order valence-corrected chi connectivity index (χ3v) is 4.44. The third kappa shape index (κ3) is 4.58. The number of ether oxygens (including phenoxy) is 1. The zero-order valence-corrected chi connectivity index (χ0v) is 16.5. The highest BCUT2D eigenvalue weighted by Crippen LogP contribution is 2.33. The first-order valence-electron chi connectivity index (χ1n) is 8.42. The highest BCUT2D eigenvalue weighted by molar-refractivity contribution is 6.39. The zero-order valence-electron chi connectivity index (χ0n) is 15.0. The summed E-state index contributed by atoms with van der Waals surface area (Å²) in [6, 6.07) is 5.85. The summed E-state index contributed by atoms with van der Waals surface area (Å²) in [6.45, 7) is 1.81. The molecule has 150 valence electrons. The van der Waals surface area contributed by atoms with Gasteiger partial charge in [-0.25, -0.2) is 13.6 Å². The van der Waals surface area contributed by atoms with E-state index in [1.807, 2.05) is 0 Å². The van der Waals surface area contributed by atoms with Crippen LogP contribution in [-0.4, -0.2) is 23.5 Å². The van der Waals surface area contributed by atoms with E-state index in [0.717, 1.165) is 18.2 Å². The Kier molecular flexibility index (Phi) is 6.20. The van der Waals surface area contributed by atoms with Gasteiger partial charge in [0.25, 0.3) is 0 Å². The van der Waals surface area contributed by atoms with Crippen molar-refractivity contribution in [3.8, 4) is 0 Å². The van der Waals surface area contributed by atoms with E-state index in [2.05, 4.69) is 10.3 Å². The van der Waals surface area contributed by atoms with Crippen LogP contribution in [0.15, 0.2) is 36.4 Å². The summed E-state index contributed by atoms with van der Waals surface area (Å²) >= 11 is 12.3. The van der Waals surface area contributed by atoms with Crippen LogP contribution in [0.1, 0.15) is 23.0 Å². The van der Waals surface area contributed by atoms with Crippen LogP contribution in [0.25, 0.3) is 17.0 Å². The number of hydrogen-bond acceptors (Lipinski definition) is 3. The van der Waals surface area contributed by atoms with Crippen molar-refractivity contribution in [1.82, 2.24) is 4.98 Å². The Balaban J connectivity index is 1.98. The number of aromatic amines is 1. The van der Waals surface area contributed by atoms with E-state index in [9.17, 15) is 18.4 Å². The van der Waals surface area contributed by atoms with Crippen molar-refractivity contribution in [3.05, 3.63) is 69.3 Å². The smallest absolute Gasteiger partial charge is 0.355 e. The van der Waals surface area contributed by atoms with Gasteiger partial charge in [-0.1, -0.05) is 23.2 Å². The normalized spacial score (nSPS) is 11.2. The van der Waals surface area contributed by atoms with Crippen LogP contribution < -0.4 is 5.32 Å². The fraction of sp³-hybridized carbons (Fsp3) is 0.100. The van der Waals surface area contributed by atoms with E-state index in [4.69, 9.17) is 27.9 Å². The summed E-state index contributed by atoms with van der Waals surface area (Å²) < 4.78 is 31.7. The largest absolute Gasteiger partial charge is 0.461 e. The van der Waals surface area contributed by atoms with Crippen molar-refractivity contribution in [3.63, 3.8) is 0 Å². The van der Waals surface area contributed by atoms with Gasteiger partial charge in [-0.2, -0.15) is 0 Å². The van der Waals surface area contributed by atoms with E-state index in [0.29, 0.717) is 27.6 Å². The van der Waals surface area contributed by atoms with Crippen molar-refractivity contribution in [1.29, 1.82) is 0 Å². The number of nitrogens with one attached hydrogen (secondary N) is 2. The first kappa shape index (κ1) is 20.8. The van der Waals surface area contributed by atoms with Crippen molar-refractivity contribution >= 4 is 57.7 Å². The van der Waals surface area contributed by atoms with Crippen molar-refractivity contribution in [2.24, 2.45) is 0 Å². The van der Waals surface area contributed by atoms with Gasteiger partial charge in [-0.3, -0.25) is 4.79 Å². The second-order valence-corrected chi connectivity index (χ2v) is 6.73. The molecule has 0 saturated carbocycles. The average Bonchev–Trinajstić information content (AvgIpc) is 3.01. The number of carbonyl (C=O) groups is 2. The van der Waals surface area contributed by atoms with Gasteiger partial charge in [0.2, 0.25) is 5.91 Å². The number of halogens is 4. The molecule has 2 aromatic carbocycles. The molecule has 0 fully saturated rings. The molecule has 3 aromatic rings. The van der Waals surface area contributed by atoms with E-state index >= 15 is 0 Å². The lowest BCUT2D eigenvalue weighted by atomic mass is 10.1. The average molecular weight is 439 g/mol. The quantitative estimate of drug-likeness (QED) is 0.403. The molecular formula is C20H14Cl2F2N2O3. The minimum absolute atomic E-state index is 0.0861. The molecule has 3 rings (SSSR count). The summed E-state index contributed by atoms with van der Waals surface area (Å²) in [7, 11) is 0. The fourth-order valence-electron chi connectivity index (χ4n) is 2.73. The maximum absolute atomic E-state index is 13.7. The van der Waals surface area contributed by atoms with Crippen LogP contribution in [0.5, 0.6) is 0 Å². The molecule has 0 aliphatic carbocycles. The molecule has 1 amide bonds. The number of aromatic nitrogens is 1. The topological polar surface area (TPSA) is 71.2 Å². The predicted octanol–water partition coefficient (Wildman–Crippen LogP) is 5.58. The van der Waals surface area contributed by atoms with E-state index in [1.165, 1.54) is 12.1 Å². The summed E-state index contributed by atoms with van der Waals surface area (Å²) in [4.78, 5) is 27.4. The number of benzene rings is 2. The first-order chi connectivity index (χ1) is 13.8. The number of carbonyl (C=O) groups excluding carboxylic acids is 2. The highest BCUT2D eigenvalue weighted by Gasteiger charge is 2.20. The van der Waals surface area contributed by atoms with Gasteiger partial charge < -0.3 is 15.0 Å². The molecule has 1 heterocycles. The van der Waals surface area contributed by atoms with Crippen molar-refractivity contribution < 1.29 is 23.1 Å². The number of hydrogen-bond donors (Lipinski definition) is 2. The van der Waals surface area contributed by atoms with Gasteiger partial charge in [0.1, 0.15) is 17.3 Å². The van der Waals surface area contributed by atoms with E-state index in [-0.39, 0.29) is 23.0 Å². The summed E-state index contributed by atoms with van der Waals surface area (Å²) in [5.41, 5.74) is 0.698. The summed E-state index contributed by atoms with van der Waals surface area (Å²) in [6.07, 6.45) is 2.45. The molecule has 9 heteroatoms. The maximum atomic E-state index is 13.7. The standard InChI is InChI=1S/C20H14Cl2F2N2O3/c1-2-29-20(28)19-12(18-13(22)7-10(21)8-16(18)26-19)4-6-17(27)25-15-5-3-11(23)9-14(15)24/h3-9,26H,2H2,1H3,(H,25,27)/b6-4+. The van der Waals surface area contributed by atoms with E-state index < -0.39 is 23.5 Å². The molecule has 0 bridgehead atoms. The lowest BCUT2D eigenvalue weighted by Crippen LogP contribution is -2.10. The SMILES string of the molecule is CCOC(=O)c1[nH]c2cc(Cl)cc(Cl)c2c1/C=C/C(=O)Nc1ccc(F)cc1F. The van der Waals surface area contributed by atoms with Crippen LogP contribution in [0.3, 0.4) is 0 Å². The molecule has 5 nitrogen and oxygen atoms in total. The van der Waals surface area contributed by atoms with Gasteiger partial charge >= 0.3 is 5.97 Å². The van der Waals surface area contributed by atoms with Gasteiger partial charge in [-0.05, 0) is 37.3 Å². The van der Waals surface area contributed by atoms with Crippen LogP contribution >= 0.6 is 23.2 Å². The number of fused-ring (bicyclic) bond motifs is 1. The van der Waals surface area contributed by atoms with Crippen LogP contribution in [0.4, 0.5) is 14.5 Å². The van der Waals surface area contributed by atoms with Crippen LogP contribution in [-0.2, 0) is 9.53 Å². The summed E-state index contributed by atoms with van der Waals surface area (Å²) in [5, 5.41) is 3.39. The van der Waals surface area contributed by atoms with Gasteiger partial charge in [-0.15, -0.1) is 0 Å². The van der Waals surface area contributed by atoms with Crippen LogP contribution in [0, 0.1) is 11.6 Å². The van der Waals surface area contributed by atoms with Gasteiger partial charge in [0.15, 0.2) is 0 Å². The zero-order chi connectivity index (χ0) is 21.1. The molecule has 0 atom stereocenters. The molecule has 2 N–H and O–H groups in total. The Labute approximate surface area is 174 Å². The maximum Gasteiger partial charge on any atom is 0.355 e. The molecular weight excluding hydrogens is 425 g/mol. The number of rotatable bonds is 5. The number of anilines is 1. The predicted molar refractivity (Wildman–Crippen MR) is 108 cm³/mol. The minimum atomic E-state index is -0.913. The van der Waals surface area contributed by atoms with Crippen molar-refractivity contribution in [2.45, 2.75) is 6.92 Å². The highest BCUT2D eigenvalue weighted by atomic mass is 35.5. The Hall–Kier alpha value is -2.90. The minimum Gasteiger partial charge on any atom is -0.461 e. The fourth-order valence-corrected chi connectivity index (χ4v) is 3.32. The Bertz CT molecular complexity index is 1140. The molecule has 0 unspecified atom stereocenters. The van der Waals surface area contributed by atoms with Crippen molar-refractivity contribution in [2.75, 3.05) is 11.9 Å². The molecule has 29 heavy (non-hydrogen) atoms. The van der Waals surface area contributed by atoms with Gasteiger partial charge in [0.05, 0.1) is 17.3 Å².